The van der Waals surface area contributed by atoms with Gasteiger partial charge in [0, 0.05) is 0 Å². The molecule has 0 aliphatic rings. The molecule has 0 spiro atoms. The molecule has 1 aromatic carbocycles. The van der Waals surface area contributed by atoms with E-state index in [0.29, 0.717) is 0 Å². The molecule has 0 amide bonds. The first-order chi connectivity index (χ1) is 6.15. The maximum Gasteiger partial charge on any atom is 0.159 e. The van der Waals surface area contributed by atoms with Crippen molar-refractivity contribution in [3.63, 3.8) is 0 Å². The van der Waals surface area contributed by atoms with E-state index in [1.54, 1.807) is 6.07 Å². The summed E-state index contributed by atoms with van der Waals surface area (Å²) in [6.07, 6.45) is 2.87. The molecular formula is C11H12F2. The number of halogens is 2. The van der Waals surface area contributed by atoms with Crippen molar-refractivity contribution in [3.8, 4) is 0 Å². The molecule has 0 aromatic heterocycles. The SMILES string of the molecule is CC/C=C(/C)c1ccc(F)c(F)c1. The largest absolute Gasteiger partial charge is 0.204 e. The highest BCUT2D eigenvalue weighted by Gasteiger charge is 2.02. The van der Waals surface area contributed by atoms with E-state index in [4.69, 9.17) is 0 Å². The molecule has 0 unspecified atom stereocenters. The first-order valence-electron chi connectivity index (χ1n) is 4.27. The minimum Gasteiger partial charge on any atom is -0.204 e. The summed E-state index contributed by atoms with van der Waals surface area (Å²) >= 11 is 0. The Morgan fingerprint density at radius 2 is 2.00 bits per heavy atom. The molecule has 0 saturated heterocycles. The third-order valence-electron chi connectivity index (χ3n) is 1.89. The molecule has 0 fully saturated rings. The normalized spacial score (nSPS) is 11.8. The van der Waals surface area contributed by atoms with Gasteiger partial charge in [-0.05, 0) is 36.6 Å². The van der Waals surface area contributed by atoms with Gasteiger partial charge in [-0.2, -0.15) is 0 Å². The van der Waals surface area contributed by atoms with Crippen molar-refractivity contribution >= 4 is 5.57 Å². The third kappa shape index (κ3) is 2.38. The lowest BCUT2D eigenvalue weighted by Gasteiger charge is -2.01. The standard InChI is InChI=1S/C11H12F2/c1-3-4-8(2)9-5-6-10(12)11(13)7-9/h4-7H,3H2,1-2H3/b8-4-. The van der Waals surface area contributed by atoms with Crippen LogP contribution in [-0.2, 0) is 0 Å². The summed E-state index contributed by atoms with van der Waals surface area (Å²) < 4.78 is 25.3. The minimum absolute atomic E-state index is 0.737. The Morgan fingerprint density at radius 3 is 2.54 bits per heavy atom. The molecule has 0 saturated carbocycles. The predicted octanol–water partition coefficient (Wildman–Crippen LogP) is 3.78. The Labute approximate surface area is 76.9 Å². The van der Waals surface area contributed by atoms with Crippen molar-refractivity contribution in [2.75, 3.05) is 0 Å². The predicted molar refractivity (Wildman–Crippen MR) is 50.3 cm³/mol. The van der Waals surface area contributed by atoms with E-state index >= 15 is 0 Å². The van der Waals surface area contributed by atoms with Crippen LogP contribution in [0.25, 0.3) is 5.57 Å². The molecule has 70 valence electrons. The molecule has 0 nitrogen and oxygen atoms in total. The molecule has 2 heteroatoms. The summed E-state index contributed by atoms with van der Waals surface area (Å²) in [4.78, 5) is 0. The van der Waals surface area contributed by atoms with E-state index in [-0.39, 0.29) is 0 Å². The molecule has 0 atom stereocenters. The van der Waals surface area contributed by atoms with E-state index in [0.717, 1.165) is 23.6 Å². The zero-order valence-corrected chi connectivity index (χ0v) is 7.77. The average Bonchev–Trinajstić information content (AvgIpc) is 2.10. The molecule has 1 rings (SSSR count). The van der Waals surface area contributed by atoms with Crippen molar-refractivity contribution in [2.24, 2.45) is 0 Å². The molecule has 0 heterocycles. The van der Waals surface area contributed by atoms with E-state index < -0.39 is 11.6 Å². The fourth-order valence-corrected chi connectivity index (χ4v) is 1.17. The van der Waals surface area contributed by atoms with Crippen LogP contribution in [0.1, 0.15) is 25.8 Å². The van der Waals surface area contributed by atoms with Crippen LogP contribution in [-0.4, -0.2) is 0 Å². The fraction of sp³-hybridized carbons (Fsp3) is 0.273. The maximum atomic E-state index is 12.8. The van der Waals surface area contributed by atoms with Crippen LogP contribution in [0.2, 0.25) is 0 Å². The lowest BCUT2D eigenvalue weighted by Crippen LogP contribution is -1.86. The van der Waals surface area contributed by atoms with Crippen LogP contribution in [0.15, 0.2) is 24.3 Å². The van der Waals surface area contributed by atoms with Gasteiger partial charge in [-0.3, -0.25) is 0 Å². The number of hydrogen-bond acceptors (Lipinski definition) is 0. The van der Waals surface area contributed by atoms with Gasteiger partial charge in [0.1, 0.15) is 0 Å². The first-order valence-corrected chi connectivity index (χ1v) is 4.27. The lowest BCUT2D eigenvalue weighted by molar-refractivity contribution is 0.508. The molecule has 1 aromatic rings. The Balaban J connectivity index is 3.04. The molecule has 0 bridgehead atoms. The van der Waals surface area contributed by atoms with Gasteiger partial charge in [-0.1, -0.05) is 19.1 Å². The Hall–Kier alpha value is -1.18. The zero-order chi connectivity index (χ0) is 9.84. The van der Waals surface area contributed by atoms with Crippen molar-refractivity contribution in [1.29, 1.82) is 0 Å². The van der Waals surface area contributed by atoms with Crippen molar-refractivity contribution in [3.05, 3.63) is 41.5 Å². The van der Waals surface area contributed by atoms with Crippen LogP contribution in [0.4, 0.5) is 8.78 Å². The van der Waals surface area contributed by atoms with Crippen molar-refractivity contribution in [1.82, 2.24) is 0 Å². The quantitative estimate of drug-likeness (QED) is 0.653. The van der Waals surface area contributed by atoms with E-state index in [2.05, 4.69) is 0 Å². The number of benzene rings is 1. The van der Waals surface area contributed by atoms with Crippen LogP contribution in [0.5, 0.6) is 0 Å². The van der Waals surface area contributed by atoms with Gasteiger partial charge in [0.05, 0.1) is 0 Å². The third-order valence-corrected chi connectivity index (χ3v) is 1.89. The highest BCUT2D eigenvalue weighted by Crippen LogP contribution is 2.17. The fourth-order valence-electron chi connectivity index (χ4n) is 1.17. The van der Waals surface area contributed by atoms with Gasteiger partial charge in [0.25, 0.3) is 0 Å². The summed E-state index contributed by atoms with van der Waals surface area (Å²) in [6, 6.07) is 3.95. The van der Waals surface area contributed by atoms with Crippen LogP contribution < -0.4 is 0 Å². The lowest BCUT2D eigenvalue weighted by atomic mass is 10.1. The second kappa shape index (κ2) is 4.17. The molecule has 0 radical (unpaired) electrons. The molecule has 0 aliphatic carbocycles. The summed E-state index contributed by atoms with van der Waals surface area (Å²) in [5.41, 5.74) is 1.71. The van der Waals surface area contributed by atoms with E-state index in [1.165, 1.54) is 6.07 Å². The van der Waals surface area contributed by atoms with Gasteiger partial charge < -0.3 is 0 Å². The maximum absolute atomic E-state index is 12.8. The summed E-state index contributed by atoms with van der Waals surface area (Å²) in [5, 5.41) is 0. The van der Waals surface area contributed by atoms with Gasteiger partial charge in [0.15, 0.2) is 11.6 Å². The molecule has 0 aliphatic heterocycles. The molecule has 0 N–H and O–H groups in total. The monoisotopic (exact) mass is 182 g/mol. The Morgan fingerprint density at radius 1 is 1.31 bits per heavy atom. The van der Waals surface area contributed by atoms with E-state index in [9.17, 15) is 8.78 Å². The van der Waals surface area contributed by atoms with Crippen molar-refractivity contribution in [2.45, 2.75) is 20.3 Å². The van der Waals surface area contributed by atoms with Gasteiger partial charge in [-0.15, -0.1) is 0 Å². The second-order valence-electron chi connectivity index (χ2n) is 2.92. The minimum atomic E-state index is -0.798. The first kappa shape index (κ1) is 9.90. The highest BCUT2D eigenvalue weighted by atomic mass is 19.2. The molecule has 13 heavy (non-hydrogen) atoms. The van der Waals surface area contributed by atoms with Gasteiger partial charge in [-0.25, -0.2) is 8.78 Å². The second-order valence-corrected chi connectivity index (χ2v) is 2.92. The smallest absolute Gasteiger partial charge is 0.159 e. The summed E-state index contributed by atoms with van der Waals surface area (Å²) in [5.74, 6) is -1.59. The Bertz CT molecular complexity index is 327. The summed E-state index contributed by atoms with van der Waals surface area (Å²) in [7, 11) is 0. The zero-order valence-electron chi connectivity index (χ0n) is 7.77. The summed E-state index contributed by atoms with van der Waals surface area (Å²) in [6.45, 7) is 3.89. The van der Waals surface area contributed by atoms with Crippen LogP contribution in [0, 0.1) is 11.6 Å². The van der Waals surface area contributed by atoms with Crippen LogP contribution >= 0.6 is 0 Å². The van der Waals surface area contributed by atoms with Crippen molar-refractivity contribution < 1.29 is 8.78 Å². The van der Waals surface area contributed by atoms with Gasteiger partial charge in [0.2, 0.25) is 0 Å². The number of allylic oxidation sites excluding steroid dienone is 2. The van der Waals surface area contributed by atoms with Crippen LogP contribution in [0.3, 0.4) is 0 Å². The number of rotatable bonds is 2. The molecular weight excluding hydrogens is 170 g/mol. The highest BCUT2D eigenvalue weighted by molar-refractivity contribution is 5.63. The average molecular weight is 182 g/mol. The van der Waals surface area contributed by atoms with Gasteiger partial charge >= 0.3 is 0 Å². The van der Waals surface area contributed by atoms with E-state index in [1.807, 2.05) is 19.9 Å². The topological polar surface area (TPSA) is 0 Å². The Kier molecular flexibility index (Phi) is 3.18. The number of hydrogen-bond donors (Lipinski definition) is 0.